The van der Waals surface area contributed by atoms with E-state index in [1.807, 2.05) is 0 Å². The predicted octanol–water partition coefficient (Wildman–Crippen LogP) is 3.87. The summed E-state index contributed by atoms with van der Waals surface area (Å²) < 4.78 is 39.5. The lowest BCUT2D eigenvalue weighted by Crippen LogP contribution is -2.07. The average Bonchev–Trinajstić information content (AvgIpc) is 2.65. The normalized spacial score (nSPS) is 12.3. The fourth-order valence-corrected chi connectivity index (χ4v) is 1.77. The second kappa shape index (κ2) is 4.08. The second-order valence-electron chi connectivity index (χ2n) is 4.18. The molecule has 0 fully saturated rings. The van der Waals surface area contributed by atoms with Crippen molar-refractivity contribution in [3.05, 3.63) is 34.5 Å². The molecule has 0 unspecified atom stereocenters. The Hall–Kier alpha value is -1.92. The number of nitrogens with zero attached hydrogens (tertiary/aromatic N) is 3. The van der Waals surface area contributed by atoms with Gasteiger partial charge in [-0.3, -0.25) is 4.40 Å². The molecule has 4 nitrogen and oxygen atoms in total. The summed E-state index contributed by atoms with van der Waals surface area (Å²) in [6.45, 7) is 3.48. The minimum Gasteiger partial charge on any atom is -0.281 e. The molecule has 0 saturated heterocycles. The molecule has 0 amide bonds. The summed E-state index contributed by atoms with van der Waals surface area (Å²) in [6.07, 6.45) is -3.16. The zero-order valence-electron chi connectivity index (χ0n) is 9.69. The lowest BCUT2D eigenvalue weighted by molar-refractivity contribution is -0.136. The Morgan fingerprint density at radius 2 is 2.06 bits per heavy atom. The SMILES string of the molecule is CC(C)c1nc2c(C(F)(F)F)cccn2c1N=O. The fourth-order valence-electron chi connectivity index (χ4n) is 1.77. The van der Waals surface area contributed by atoms with E-state index in [0.717, 1.165) is 10.5 Å². The summed E-state index contributed by atoms with van der Waals surface area (Å²) in [7, 11) is 0. The summed E-state index contributed by atoms with van der Waals surface area (Å²) >= 11 is 0. The Morgan fingerprint density at radius 1 is 1.39 bits per heavy atom. The van der Waals surface area contributed by atoms with Gasteiger partial charge in [0, 0.05) is 6.20 Å². The maximum absolute atomic E-state index is 12.8. The molecule has 7 heteroatoms. The number of halogens is 3. The summed E-state index contributed by atoms with van der Waals surface area (Å²) in [5, 5.41) is 2.79. The van der Waals surface area contributed by atoms with Crippen molar-refractivity contribution in [2.75, 3.05) is 0 Å². The monoisotopic (exact) mass is 257 g/mol. The molecule has 0 bridgehead atoms. The van der Waals surface area contributed by atoms with Gasteiger partial charge in [-0.05, 0) is 23.2 Å². The molecule has 0 N–H and O–H groups in total. The Bertz CT molecular complexity index is 601. The Balaban J connectivity index is 2.84. The first-order valence-corrected chi connectivity index (χ1v) is 5.27. The molecule has 18 heavy (non-hydrogen) atoms. The van der Waals surface area contributed by atoms with E-state index in [4.69, 9.17) is 0 Å². The van der Waals surface area contributed by atoms with E-state index in [-0.39, 0.29) is 23.1 Å². The molecule has 2 aromatic heterocycles. The first-order valence-electron chi connectivity index (χ1n) is 5.27. The minimum absolute atomic E-state index is 0.0777. The third-order valence-corrected chi connectivity index (χ3v) is 2.59. The molecule has 0 aromatic carbocycles. The van der Waals surface area contributed by atoms with Crippen LogP contribution in [-0.2, 0) is 6.18 Å². The number of alkyl halides is 3. The molecule has 0 spiro atoms. The van der Waals surface area contributed by atoms with Crippen LogP contribution in [0.3, 0.4) is 0 Å². The van der Waals surface area contributed by atoms with Gasteiger partial charge in [0.15, 0.2) is 5.65 Å². The predicted molar refractivity (Wildman–Crippen MR) is 59.7 cm³/mol. The van der Waals surface area contributed by atoms with Crippen LogP contribution in [-0.4, -0.2) is 9.38 Å². The van der Waals surface area contributed by atoms with Crippen molar-refractivity contribution in [2.24, 2.45) is 5.18 Å². The highest BCUT2D eigenvalue weighted by Crippen LogP contribution is 2.35. The van der Waals surface area contributed by atoms with E-state index in [1.165, 1.54) is 12.3 Å². The highest BCUT2D eigenvalue weighted by Gasteiger charge is 2.35. The smallest absolute Gasteiger partial charge is 0.281 e. The Morgan fingerprint density at radius 3 is 2.56 bits per heavy atom. The molecule has 2 aromatic rings. The molecular formula is C11H10F3N3O. The maximum Gasteiger partial charge on any atom is 0.419 e. The van der Waals surface area contributed by atoms with Crippen molar-refractivity contribution in [1.82, 2.24) is 9.38 Å². The van der Waals surface area contributed by atoms with E-state index < -0.39 is 11.7 Å². The highest BCUT2D eigenvalue weighted by atomic mass is 19.4. The lowest BCUT2D eigenvalue weighted by atomic mass is 10.1. The first kappa shape index (κ1) is 12.5. The van der Waals surface area contributed by atoms with Crippen molar-refractivity contribution in [3.63, 3.8) is 0 Å². The van der Waals surface area contributed by atoms with Crippen molar-refractivity contribution in [2.45, 2.75) is 25.9 Å². The zero-order valence-corrected chi connectivity index (χ0v) is 9.69. The summed E-state index contributed by atoms with van der Waals surface area (Å²) in [6, 6.07) is 2.15. The van der Waals surface area contributed by atoms with Gasteiger partial charge in [-0.25, -0.2) is 4.98 Å². The molecule has 0 aliphatic heterocycles. The Labute approximate surface area is 100 Å². The number of hydrogen-bond acceptors (Lipinski definition) is 3. The van der Waals surface area contributed by atoms with Crippen LogP contribution in [0.2, 0.25) is 0 Å². The Kier molecular flexibility index (Phi) is 2.84. The molecule has 0 radical (unpaired) electrons. The van der Waals surface area contributed by atoms with Crippen molar-refractivity contribution >= 4 is 11.5 Å². The molecule has 0 aliphatic carbocycles. The van der Waals surface area contributed by atoms with E-state index >= 15 is 0 Å². The molecular weight excluding hydrogens is 247 g/mol. The van der Waals surface area contributed by atoms with Crippen molar-refractivity contribution in [3.8, 4) is 0 Å². The number of rotatable bonds is 2. The van der Waals surface area contributed by atoms with E-state index in [1.54, 1.807) is 13.8 Å². The molecule has 2 rings (SSSR count). The van der Waals surface area contributed by atoms with Gasteiger partial charge in [0.05, 0.1) is 11.3 Å². The van der Waals surface area contributed by atoms with Gasteiger partial charge in [-0.2, -0.15) is 13.2 Å². The zero-order chi connectivity index (χ0) is 13.5. The molecule has 0 saturated carbocycles. The van der Waals surface area contributed by atoms with Gasteiger partial charge < -0.3 is 0 Å². The first-order chi connectivity index (χ1) is 8.36. The van der Waals surface area contributed by atoms with Crippen LogP contribution in [0.1, 0.15) is 31.0 Å². The van der Waals surface area contributed by atoms with E-state index in [2.05, 4.69) is 10.2 Å². The third-order valence-electron chi connectivity index (χ3n) is 2.59. The minimum atomic E-state index is -4.51. The van der Waals surface area contributed by atoms with Crippen LogP contribution in [0.15, 0.2) is 23.5 Å². The van der Waals surface area contributed by atoms with E-state index in [0.29, 0.717) is 0 Å². The summed E-state index contributed by atoms with van der Waals surface area (Å²) in [4.78, 5) is 14.7. The van der Waals surface area contributed by atoms with Gasteiger partial charge in [-0.15, -0.1) is 4.91 Å². The van der Waals surface area contributed by atoms with Crippen LogP contribution in [0, 0.1) is 4.91 Å². The van der Waals surface area contributed by atoms with Crippen molar-refractivity contribution < 1.29 is 13.2 Å². The number of fused-ring (bicyclic) bond motifs is 1. The van der Waals surface area contributed by atoms with Gasteiger partial charge in [0.1, 0.15) is 0 Å². The fraction of sp³-hybridized carbons (Fsp3) is 0.364. The van der Waals surface area contributed by atoms with E-state index in [9.17, 15) is 18.1 Å². The number of nitroso groups, excluding NO2 is 1. The maximum atomic E-state index is 12.8. The van der Waals surface area contributed by atoms with Crippen LogP contribution in [0.5, 0.6) is 0 Å². The topological polar surface area (TPSA) is 46.7 Å². The third kappa shape index (κ3) is 1.85. The standard InChI is InChI=1S/C11H10F3N3O/c1-6(2)8-10(16-18)17-5-3-4-7(9(17)15-8)11(12,13)14/h3-6H,1-2H3. The van der Waals surface area contributed by atoms with Crippen LogP contribution >= 0.6 is 0 Å². The summed E-state index contributed by atoms with van der Waals surface area (Å²) in [5.74, 6) is -0.259. The molecule has 96 valence electrons. The number of hydrogen-bond donors (Lipinski definition) is 0. The van der Waals surface area contributed by atoms with Crippen LogP contribution in [0.4, 0.5) is 19.0 Å². The molecule has 0 atom stereocenters. The molecule has 0 aliphatic rings. The van der Waals surface area contributed by atoms with Gasteiger partial charge in [0.2, 0.25) is 5.82 Å². The summed E-state index contributed by atoms with van der Waals surface area (Å²) in [5.41, 5.74) is -0.896. The lowest BCUT2D eigenvalue weighted by Gasteiger charge is -2.07. The van der Waals surface area contributed by atoms with Crippen LogP contribution < -0.4 is 0 Å². The number of aromatic nitrogens is 2. The average molecular weight is 257 g/mol. The number of imidazole rings is 1. The number of pyridine rings is 1. The highest BCUT2D eigenvalue weighted by molar-refractivity contribution is 5.58. The van der Waals surface area contributed by atoms with Gasteiger partial charge >= 0.3 is 6.18 Å². The quantitative estimate of drug-likeness (QED) is 0.766. The van der Waals surface area contributed by atoms with Gasteiger partial charge in [0.25, 0.3) is 0 Å². The van der Waals surface area contributed by atoms with Gasteiger partial charge in [-0.1, -0.05) is 13.8 Å². The van der Waals surface area contributed by atoms with Crippen molar-refractivity contribution in [1.29, 1.82) is 0 Å². The largest absolute Gasteiger partial charge is 0.419 e. The second-order valence-corrected chi connectivity index (χ2v) is 4.18. The van der Waals surface area contributed by atoms with Crippen LogP contribution in [0.25, 0.3) is 5.65 Å². The molecule has 2 heterocycles.